The van der Waals surface area contributed by atoms with Crippen LogP contribution in [0.5, 0.6) is 0 Å². The summed E-state index contributed by atoms with van der Waals surface area (Å²) in [7, 11) is 0. The van der Waals surface area contributed by atoms with Crippen molar-refractivity contribution in [2.24, 2.45) is 17.8 Å². The van der Waals surface area contributed by atoms with Gasteiger partial charge in [0.1, 0.15) is 0 Å². The van der Waals surface area contributed by atoms with Gasteiger partial charge in [-0.25, -0.2) is 0 Å². The first kappa shape index (κ1) is 22.2. The molecular formula is C25H26F6. The summed E-state index contributed by atoms with van der Waals surface area (Å²) in [4.78, 5) is 0. The first-order chi connectivity index (χ1) is 14.4. The van der Waals surface area contributed by atoms with Crippen LogP contribution in [-0.4, -0.2) is 0 Å². The lowest BCUT2D eigenvalue weighted by Gasteiger charge is -2.48. The van der Waals surface area contributed by atoms with Crippen molar-refractivity contribution in [2.75, 3.05) is 0 Å². The van der Waals surface area contributed by atoms with E-state index in [0.717, 1.165) is 37.8 Å². The van der Waals surface area contributed by atoms with Crippen LogP contribution in [0.25, 0.3) is 0 Å². The molecule has 0 nitrogen and oxygen atoms in total. The third-order valence-corrected chi connectivity index (χ3v) is 7.27. The van der Waals surface area contributed by atoms with Gasteiger partial charge in [0.15, 0.2) is 0 Å². The maximum Gasteiger partial charge on any atom is 0.416 e. The summed E-state index contributed by atoms with van der Waals surface area (Å²) < 4.78 is 79.4. The van der Waals surface area contributed by atoms with Crippen LogP contribution < -0.4 is 0 Å². The molecule has 2 aliphatic rings. The highest BCUT2D eigenvalue weighted by atomic mass is 19.4. The van der Waals surface area contributed by atoms with Crippen molar-refractivity contribution >= 4 is 0 Å². The average molecular weight is 440 g/mol. The molecule has 2 aliphatic carbocycles. The summed E-state index contributed by atoms with van der Waals surface area (Å²) in [6.45, 7) is 3.98. The molecule has 4 rings (SSSR count). The summed E-state index contributed by atoms with van der Waals surface area (Å²) >= 11 is 0. The molecule has 0 heterocycles. The summed E-state index contributed by atoms with van der Waals surface area (Å²) in [5, 5.41) is 0. The standard InChI is InChI=1S/C25H26F6/c1-15-12-23(13-15,19-6-4-3-5-7-19)14-18-10-22(18)16(2)17-8-20(24(26,27)28)11-21(9-17)25(29,30)31/h3-9,11,15-16,18,22H,10,12-14H2,1-2H3/t15?,16-,18?,22+,23?/m1/s1. The molecule has 0 aromatic heterocycles. The third-order valence-electron chi connectivity index (χ3n) is 7.27. The minimum absolute atomic E-state index is 0.0881. The number of rotatable bonds is 5. The molecule has 2 aromatic rings. The topological polar surface area (TPSA) is 0 Å². The number of halogens is 6. The summed E-state index contributed by atoms with van der Waals surface area (Å²) in [6.07, 6.45) is -5.66. The maximum atomic E-state index is 13.2. The highest BCUT2D eigenvalue weighted by Gasteiger charge is 2.51. The van der Waals surface area contributed by atoms with Gasteiger partial charge in [0.2, 0.25) is 0 Å². The first-order valence-electron chi connectivity index (χ1n) is 10.7. The van der Waals surface area contributed by atoms with Crippen LogP contribution in [0.15, 0.2) is 48.5 Å². The maximum absolute atomic E-state index is 13.2. The molecule has 3 atom stereocenters. The van der Waals surface area contributed by atoms with Crippen molar-refractivity contribution in [3.8, 4) is 0 Å². The molecule has 2 saturated carbocycles. The van der Waals surface area contributed by atoms with Crippen molar-refractivity contribution in [1.29, 1.82) is 0 Å². The van der Waals surface area contributed by atoms with Gasteiger partial charge in [0.05, 0.1) is 11.1 Å². The fraction of sp³-hybridized carbons (Fsp3) is 0.520. The van der Waals surface area contributed by atoms with Crippen LogP contribution >= 0.6 is 0 Å². The van der Waals surface area contributed by atoms with E-state index in [-0.39, 0.29) is 28.9 Å². The van der Waals surface area contributed by atoms with Gasteiger partial charge >= 0.3 is 12.4 Å². The zero-order valence-corrected chi connectivity index (χ0v) is 17.5. The Hall–Kier alpha value is -1.98. The second-order valence-electron chi connectivity index (χ2n) is 9.65. The van der Waals surface area contributed by atoms with E-state index >= 15 is 0 Å². The van der Waals surface area contributed by atoms with Crippen LogP contribution in [-0.2, 0) is 17.8 Å². The van der Waals surface area contributed by atoms with Crippen LogP contribution in [0, 0.1) is 17.8 Å². The minimum atomic E-state index is -4.81. The molecule has 0 aliphatic heterocycles. The molecule has 0 bridgehead atoms. The van der Waals surface area contributed by atoms with Crippen LogP contribution in [0.2, 0.25) is 0 Å². The second-order valence-corrected chi connectivity index (χ2v) is 9.65. The quantitative estimate of drug-likeness (QED) is 0.411. The summed E-state index contributed by atoms with van der Waals surface area (Å²) in [5.74, 6) is 0.721. The second kappa shape index (κ2) is 7.56. The van der Waals surface area contributed by atoms with Crippen molar-refractivity contribution in [3.05, 3.63) is 70.8 Å². The number of hydrogen-bond acceptors (Lipinski definition) is 0. The normalized spacial score (nSPS) is 29.4. The average Bonchev–Trinajstić information content (AvgIpc) is 3.44. The van der Waals surface area contributed by atoms with Gasteiger partial charge in [-0.3, -0.25) is 0 Å². The Kier molecular flexibility index (Phi) is 5.42. The fourth-order valence-corrected chi connectivity index (χ4v) is 5.70. The molecule has 0 radical (unpaired) electrons. The van der Waals surface area contributed by atoms with E-state index < -0.39 is 23.5 Å². The highest BCUT2D eigenvalue weighted by Crippen LogP contribution is 2.59. The Morgan fingerprint density at radius 3 is 1.94 bits per heavy atom. The van der Waals surface area contributed by atoms with Crippen molar-refractivity contribution < 1.29 is 26.3 Å². The van der Waals surface area contributed by atoms with E-state index in [1.165, 1.54) is 5.56 Å². The lowest BCUT2D eigenvalue weighted by Crippen LogP contribution is -2.40. The summed E-state index contributed by atoms with van der Waals surface area (Å²) in [5.41, 5.74) is -0.940. The Morgan fingerprint density at radius 2 is 1.45 bits per heavy atom. The lowest BCUT2D eigenvalue weighted by molar-refractivity contribution is -0.143. The Morgan fingerprint density at radius 1 is 0.903 bits per heavy atom. The predicted octanol–water partition coefficient (Wildman–Crippen LogP) is 8.22. The molecule has 0 saturated heterocycles. The molecule has 31 heavy (non-hydrogen) atoms. The van der Waals surface area contributed by atoms with Crippen LogP contribution in [0.4, 0.5) is 26.3 Å². The molecule has 0 amide bonds. The minimum Gasteiger partial charge on any atom is -0.166 e. The number of hydrogen-bond donors (Lipinski definition) is 0. The van der Waals surface area contributed by atoms with Crippen molar-refractivity contribution in [3.63, 3.8) is 0 Å². The van der Waals surface area contributed by atoms with Crippen LogP contribution in [0.3, 0.4) is 0 Å². The van der Waals surface area contributed by atoms with Crippen molar-refractivity contribution in [2.45, 2.75) is 63.2 Å². The molecule has 2 fully saturated rings. The van der Waals surface area contributed by atoms with Gasteiger partial charge in [-0.2, -0.15) is 26.3 Å². The highest BCUT2D eigenvalue weighted by molar-refractivity contribution is 5.36. The van der Waals surface area contributed by atoms with E-state index in [9.17, 15) is 26.3 Å². The Bertz CT molecular complexity index is 889. The van der Waals surface area contributed by atoms with E-state index in [4.69, 9.17) is 0 Å². The van der Waals surface area contributed by atoms with E-state index in [1.807, 2.05) is 18.2 Å². The first-order valence-corrected chi connectivity index (χ1v) is 10.7. The van der Waals surface area contributed by atoms with Gasteiger partial charge in [-0.1, -0.05) is 44.2 Å². The van der Waals surface area contributed by atoms with Gasteiger partial charge in [0.25, 0.3) is 0 Å². The van der Waals surface area contributed by atoms with Crippen LogP contribution in [0.1, 0.15) is 67.7 Å². The molecule has 2 aromatic carbocycles. The molecule has 0 N–H and O–H groups in total. The van der Waals surface area contributed by atoms with E-state index in [1.54, 1.807) is 6.92 Å². The van der Waals surface area contributed by atoms with Gasteiger partial charge < -0.3 is 0 Å². The summed E-state index contributed by atoms with van der Waals surface area (Å²) in [6, 6.07) is 12.3. The van der Waals surface area contributed by atoms with Gasteiger partial charge in [0, 0.05) is 0 Å². The number of benzene rings is 2. The monoisotopic (exact) mass is 440 g/mol. The molecule has 6 heteroatoms. The SMILES string of the molecule is CC1CC(CC2C[C@H]2[C@H](C)c2cc(C(F)(F)F)cc(C(F)(F)F)c2)(c2ccccc2)C1. The molecule has 168 valence electrons. The fourth-order valence-electron chi connectivity index (χ4n) is 5.70. The number of alkyl halides is 6. The van der Waals surface area contributed by atoms with E-state index in [0.29, 0.717) is 11.8 Å². The lowest BCUT2D eigenvalue weighted by atomic mass is 9.57. The van der Waals surface area contributed by atoms with E-state index in [2.05, 4.69) is 19.1 Å². The Balaban J connectivity index is 1.54. The Labute approximate surface area is 178 Å². The van der Waals surface area contributed by atoms with Gasteiger partial charge in [-0.05, 0) is 84.1 Å². The predicted molar refractivity (Wildman–Crippen MR) is 108 cm³/mol. The molecular weight excluding hydrogens is 414 g/mol. The molecule has 0 spiro atoms. The third kappa shape index (κ3) is 4.49. The molecule has 1 unspecified atom stereocenters. The van der Waals surface area contributed by atoms with Crippen molar-refractivity contribution in [1.82, 2.24) is 0 Å². The largest absolute Gasteiger partial charge is 0.416 e. The smallest absolute Gasteiger partial charge is 0.166 e. The zero-order chi connectivity index (χ0) is 22.6. The zero-order valence-electron chi connectivity index (χ0n) is 17.5. The van der Waals surface area contributed by atoms with Gasteiger partial charge in [-0.15, -0.1) is 0 Å².